The molecule has 2 aromatic rings. The summed E-state index contributed by atoms with van der Waals surface area (Å²) in [6, 6.07) is 14.6. The summed E-state index contributed by atoms with van der Waals surface area (Å²) in [5, 5.41) is 11.2. The van der Waals surface area contributed by atoms with Gasteiger partial charge >= 0.3 is 0 Å². The predicted octanol–water partition coefficient (Wildman–Crippen LogP) is 3.58. The molecule has 1 aliphatic heterocycles. The monoisotopic (exact) mass is 437 g/mol. The number of hydrogen-bond donors (Lipinski definition) is 1. The van der Waals surface area contributed by atoms with Gasteiger partial charge in [-0.3, -0.25) is 4.90 Å². The van der Waals surface area contributed by atoms with E-state index in [4.69, 9.17) is 16.3 Å². The molecule has 5 nitrogen and oxygen atoms in total. The first kappa shape index (κ1) is 22.1. The van der Waals surface area contributed by atoms with E-state index in [1.807, 2.05) is 18.2 Å². The number of likely N-dealkylation sites (tertiary alicyclic amines) is 1. The lowest BCUT2D eigenvalue weighted by molar-refractivity contribution is 0.0397. The van der Waals surface area contributed by atoms with Gasteiger partial charge in [-0.05, 0) is 67.8 Å². The van der Waals surface area contributed by atoms with Crippen LogP contribution in [0.2, 0.25) is 5.02 Å². The standard InChI is InChI=1S/C22H28ClNO4S/c1-29(26,27)22-10-8-21(9-11-22)28-16-20(25)15-24-12-3-2-7-19(24)14-17-5-4-6-18(23)13-17/h4-6,8-11,13,19-20,25H,2-3,7,12,14-16H2,1H3/t19?,20-/m0/s1. The van der Waals surface area contributed by atoms with Crippen molar-refractivity contribution in [1.82, 2.24) is 4.90 Å². The molecule has 7 heteroatoms. The molecule has 158 valence electrons. The molecule has 0 radical (unpaired) electrons. The molecule has 2 aromatic carbocycles. The van der Waals surface area contributed by atoms with Crippen molar-refractivity contribution in [2.45, 2.75) is 42.7 Å². The quantitative estimate of drug-likeness (QED) is 0.683. The molecule has 2 atom stereocenters. The lowest BCUT2D eigenvalue weighted by atomic mass is 9.95. The number of sulfone groups is 1. The van der Waals surface area contributed by atoms with Crippen molar-refractivity contribution in [3.05, 3.63) is 59.1 Å². The molecule has 0 saturated carbocycles. The van der Waals surface area contributed by atoms with Gasteiger partial charge in [-0.2, -0.15) is 0 Å². The maximum atomic E-state index is 11.5. The third-order valence-corrected chi connectivity index (χ3v) is 6.61. The van der Waals surface area contributed by atoms with Crippen LogP contribution in [-0.2, 0) is 16.3 Å². The van der Waals surface area contributed by atoms with Gasteiger partial charge in [0.25, 0.3) is 0 Å². The second-order valence-corrected chi connectivity index (χ2v) is 10.1. The maximum Gasteiger partial charge on any atom is 0.175 e. The van der Waals surface area contributed by atoms with Crippen LogP contribution in [0.25, 0.3) is 0 Å². The number of piperidine rings is 1. The molecule has 0 amide bonds. The molecule has 0 bridgehead atoms. The molecule has 1 heterocycles. The Kier molecular flexibility index (Phi) is 7.57. The van der Waals surface area contributed by atoms with Crippen molar-refractivity contribution < 1.29 is 18.3 Å². The van der Waals surface area contributed by atoms with Gasteiger partial charge in [0.1, 0.15) is 18.5 Å². The summed E-state index contributed by atoms with van der Waals surface area (Å²) in [7, 11) is -3.22. The lowest BCUT2D eigenvalue weighted by Crippen LogP contribution is -2.46. The van der Waals surface area contributed by atoms with Crippen LogP contribution in [0.15, 0.2) is 53.4 Å². The number of halogens is 1. The van der Waals surface area contributed by atoms with Gasteiger partial charge in [0.15, 0.2) is 9.84 Å². The first-order valence-corrected chi connectivity index (χ1v) is 12.2. The van der Waals surface area contributed by atoms with Crippen molar-refractivity contribution in [3.63, 3.8) is 0 Å². The Morgan fingerprint density at radius 2 is 1.97 bits per heavy atom. The van der Waals surface area contributed by atoms with Gasteiger partial charge in [0, 0.05) is 23.9 Å². The van der Waals surface area contributed by atoms with Crippen LogP contribution in [0.4, 0.5) is 0 Å². The second-order valence-electron chi connectivity index (χ2n) is 7.69. The zero-order chi connectivity index (χ0) is 20.9. The highest BCUT2D eigenvalue weighted by atomic mass is 35.5. The predicted molar refractivity (Wildman–Crippen MR) is 115 cm³/mol. The highest BCUT2D eigenvalue weighted by molar-refractivity contribution is 7.90. The van der Waals surface area contributed by atoms with Crippen LogP contribution in [0.5, 0.6) is 5.75 Å². The van der Waals surface area contributed by atoms with Gasteiger partial charge < -0.3 is 9.84 Å². The van der Waals surface area contributed by atoms with Crippen LogP contribution in [0.1, 0.15) is 24.8 Å². The Balaban J connectivity index is 1.53. The fourth-order valence-electron chi connectivity index (χ4n) is 3.77. The first-order chi connectivity index (χ1) is 13.8. The topological polar surface area (TPSA) is 66.8 Å². The number of aliphatic hydroxyl groups excluding tert-OH is 1. The van der Waals surface area contributed by atoms with E-state index in [1.54, 1.807) is 12.1 Å². The minimum Gasteiger partial charge on any atom is -0.491 e. The third kappa shape index (κ3) is 6.71. The van der Waals surface area contributed by atoms with E-state index in [1.165, 1.54) is 30.4 Å². The Bertz CT molecular complexity index is 901. The average molecular weight is 438 g/mol. The summed E-state index contributed by atoms with van der Waals surface area (Å²) in [5.41, 5.74) is 1.21. The van der Waals surface area contributed by atoms with Crippen molar-refractivity contribution in [2.75, 3.05) is 26.0 Å². The number of benzene rings is 2. The van der Waals surface area contributed by atoms with Crippen molar-refractivity contribution in [1.29, 1.82) is 0 Å². The largest absolute Gasteiger partial charge is 0.491 e. The van der Waals surface area contributed by atoms with Crippen molar-refractivity contribution in [3.8, 4) is 5.75 Å². The average Bonchev–Trinajstić information content (AvgIpc) is 2.68. The first-order valence-electron chi connectivity index (χ1n) is 9.91. The third-order valence-electron chi connectivity index (χ3n) is 5.25. The van der Waals surface area contributed by atoms with E-state index in [2.05, 4.69) is 11.0 Å². The van der Waals surface area contributed by atoms with Crippen molar-refractivity contribution in [2.24, 2.45) is 0 Å². The summed E-state index contributed by atoms with van der Waals surface area (Å²) in [4.78, 5) is 2.59. The molecule has 1 N–H and O–H groups in total. The van der Waals surface area contributed by atoms with Gasteiger partial charge in [0.05, 0.1) is 4.90 Å². The number of hydrogen-bond acceptors (Lipinski definition) is 5. The van der Waals surface area contributed by atoms with Crippen molar-refractivity contribution >= 4 is 21.4 Å². The van der Waals surface area contributed by atoms with E-state index in [9.17, 15) is 13.5 Å². The SMILES string of the molecule is CS(=O)(=O)c1ccc(OC[C@@H](O)CN2CCCCC2Cc2cccc(Cl)c2)cc1. The molecule has 1 saturated heterocycles. The Morgan fingerprint density at radius 1 is 1.21 bits per heavy atom. The fourth-order valence-corrected chi connectivity index (χ4v) is 4.61. The molecule has 0 aromatic heterocycles. The maximum absolute atomic E-state index is 11.5. The Labute approximate surface area is 178 Å². The molecule has 0 spiro atoms. The minimum atomic E-state index is -3.22. The number of aliphatic hydroxyl groups is 1. The highest BCUT2D eigenvalue weighted by Crippen LogP contribution is 2.23. The van der Waals surface area contributed by atoms with E-state index in [0.717, 1.165) is 30.8 Å². The molecular weight excluding hydrogens is 410 g/mol. The molecule has 1 unspecified atom stereocenters. The van der Waals surface area contributed by atoms with Gasteiger partial charge in [-0.1, -0.05) is 30.2 Å². The van der Waals surface area contributed by atoms with Gasteiger partial charge in [-0.25, -0.2) is 8.42 Å². The smallest absolute Gasteiger partial charge is 0.175 e. The molecule has 3 rings (SSSR count). The Morgan fingerprint density at radius 3 is 2.66 bits per heavy atom. The van der Waals surface area contributed by atoms with E-state index < -0.39 is 15.9 Å². The summed E-state index contributed by atoms with van der Waals surface area (Å²) >= 11 is 6.11. The number of ether oxygens (including phenoxy) is 1. The van der Waals surface area contributed by atoms with Gasteiger partial charge in [-0.15, -0.1) is 0 Å². The van der Waals surface area contributed by atoms with Crippen LogP contribution in [0, 0.1) is 0 Å². The summed E-state index contributed by atoms with van der Waals surface area (Å²) in [6.07, 6.45) is 4.90. The Hall–Kier alpha value is -1.60. The molecule has 29 heavy (non-hydrogen) atoms. The molecule has 0 aliphatic carbocycles. The lowest BCUT2D eigenvalue weighted by Gasteiger charge is -2.37. The molecule has 1 aliphatic rings. The van der Waals surface area contributed by atoms with Gasteiger partial charge in [0.2, 0.25) is 0 Å². The number of β-amino-alcohol motifs (C(OH)–C–C–N with tert-alkyl or cyclic N) is 1. The zero-order valence-corrected chi connectivity index (χ0v) is 18.2. The minimum absolute atomic E-state index is 0.165. The number of rotatable bonds is 8. The summed E-state index contributed by atoms with van der Waals surface area (Å²) in [5.74, 6) is 0.547. The summed E-state index contributed by atoms with van der Waals surface area (Å²) < 4.78 is 28.7. The highest BCUT2D eigenvalue weighted by Gasteiger charge is 2.25. The summed E-state index contributed by atoms with van der Waals surface area (Å²) in [6.45, 7) is 1.68. The van der Waals surface area contributed by atoms with Crippen LogP contribution >= 0.6 is 11.6 Å². The fraction of sp³-hybridized carbons (Fsp3) is 0.455. The van der Waals surface area contributed by atoms with Crippen LogP contribution in [0.3, 0.4) is 0 Å². The second kappa shape index (κ2) is 9.94. The normalized spacial score (nSPS) is 19.1. The van der Waals surface area contributed by atoms with E-state index >= 15 is 0 Å². The van der Waals surface area contributed by atoms with Crippen LogP contribution < -0.4 is 4.74 Å². The number of nitrogens with zero attached hydrogens (tertiary/aromatic N) is 1. The molecular formula is C22H28ClNO4S. The van der Waals surface area contributed by atoms with Crippen LogP contribution in [-0.4, -0.2) is 56.5 Å². The van der Waals surface area contributed by atoms with E-state index in [-0.39, 0.29) is 11.5 Å². The zero-order valence-electron chi connectivity index (χ0n) is 16.6. The van der Waals surface area contributed by atoms with E-state index in [0.29, 0.717) is 18.3 Å². The molecule has 1 fully saturated rings.